The number of halogens is 2. The number of aromatic nitrogens is 3. The van der Waals surface area contributed by atoms with Crippen LogP contribution in [-0.4, -0.2) is 29.3 Å². The topological polar surface area (TPSA) is 86.1 Å². The van der Waals surface area contributed by atoms with Gasteiger partial charge in [0, 0.05) is 6.54 Å². The van der Waals surface area contributed by atoms with Gasteiger partial charge in [0.05, 0.1) is 22.1 Å². The normalized spacial score (nSPS) is 13.2. The van der Waals surface area contributed by atoms with Crippen LogP contribution in [0.4, 0.5) is 4.39 Å². The van der Waals surface area contributed by atoms with E-state index < -0.39 is 21.9 Å². The fraction of sp³-hybridized carbons (Fsp3) is 0.467. The number of nitrogens with zero attached hydrogens (tertiary/aromatic N) is 3. The van der Waals surface area contributed by atoms with Crippen molar-refractivity contribution < 1.29 is 17.5 Å². The average molecular weight is 391 g/mol. The number of sulfonamides is 1. The largest absolute Gasteiger partial charge is 0.461 e. The Morgan fingerprint density at radius 1 is 1.32 bits per heavy atom. The molecule has 10 heteroatoms. The van der Waals surface area contributed by atoms with E-state index in [-0.39, 0.29) is 16.0 Å². The minimum absolute atomic E-state index is 0.0873. The molecule has 25 heavy (non-hydrogen) atoms. The highest BCUT2D eigenvalue weighted by atomic mass is 35.5. The van der Waals surface area contributed by atoms with Crippen molar-refractivity contribution in [3.8, 4) is 6.01 Å². The highest BCUT2D eigenvalue weighted by Crippen LogP contribution is 2.23. The van der Waals surface area contributed by atoms with Gasteiger partial charge in [0.1, 0.15) is 5.82 Å². The van der Waals surface area contributed by atoms with Crippen molar-refractivity contribution in [1.82, 2.24) is 19.5 Å². The van der Waals surface area contributed by atoms with Crippen LogP contribution in [-0.2, 0) is 16.6 Å². The van der Waals surface area contributed by atoms with Gasteiger partial charge in [-0.2, -0.15) is 0 Å². The van der Waals surface area contributed by atoms with Crippen LogP contribution < -0.4 is 9.46 Å². The van der Waals surface area contributed by atoms with Crippen molar-refractivity contribution in [2.75, 3.05) is 0 Å². The van der Waals surface area contributed by atoms with Gasteiger partial charge in [-0.1, -0.05) is 16.7 Å². The SMILES string of the molecule is CCn1c(OC(C)C)nnc1[C@@H](C)NS(=O)(=O)c1ccc(F)c(Cl)c1. The van der Waals surface area contributed by atoms with Gasteiger partial charge in [-0.05, 0) is 45.9 Å². The molecule has 1 atom stereocenters. The van der Waals surface area contributed by atoms with E-state index in [0.717, 1.165) is 18.2 Å². The first-order valence-electron chi connectivity index (χ1n) is 7.72. The standard InChI is InChI=1S/C15H20ClFN4O3S/c1-5-21-14(18-19-15(21)24-9(2)3)10(4)20-25(22,23)11-6-7-13(17)12(16)8-11/h6-10,20H,5H2,1-4H3/t10-/m1/s1. The Hall–Kier alpha value is -1.71. The molecule has 0 unspecified atom stereocenters. The summed E-state index contributed by atoms with van der Waals surface area (Å²) in [5.41, 5.74) is 0. The summed E-state index contributed by atoms with van der Waals surface area (Å²) in [5, 5.41) is 7.72. The number of benzene rings is 1. The van der Waals surface area contributed by atoms with Crippen molar-refractivity contribution in [1.29, 1.82) is 0 Å². The van der Waals surface area contributed by atoms with Crippen LogP contribution in [0.1, 0.15) is 39.6 Å². The Balaban J connectivity index is 2.27. The summed E-state index contributed by atoms with van der Waals surface area (Å²) >= 11 is 5.66. The van der Waals surface area contributed by atoms with Gasteiger partial charge in [-0.25, -0.2) is 17.5 Å². The van der Waals surface area contributed by atoms with Crippen molar-refractivity contribution >= 4 is 21.6 Å². The summed E-state index contributed by atoms with van der Waals surface area (Å²) in [6.07, 6.45) is -0.0873. The number of nitrogens with one attached hydrogen (secondary N) is 1. The molecule has 0 aliphatic carbocycles. The highest BCUT2D eigenvalue weighted by molar-refractivity contribution is 7.89. The zero-order valence-corrected chi connectivity index (χ0v) is 15.9. The molecule has 0 saturated heterocycles. The summed E-state index contributed by atoms with van der Waals surface area (Å²) in [6.45, 7) is 7.75. The molecule has 1 aromatic carbocycles. The number of rotatable bonds is 7. The van der Waals surface area contributed by atoms with E-state index in [1.165, 1.54) is 0 Å². The fourth-order valence-electron chi connectivity index (χ4n) is 2.21. The molecule has 1 aromatic heterocycles. The maximum absolute atomic E-state index is 13.2. The van der Waals surface area contributed by atoms with Crippen LogP contribution in [0, 0.1) is 5.82 Å². The number of hydrogen-bond donors (Lipinski definition) is 1. The van der Waals surface area contributed by atoms with E-state index in [1.54, 1.807) is 11.5 Å². The second-order valence-corrected chi connectivity index (χ2v) is 7.79. The molecular formula is C15H20ClFN4O3S. The first kappa shape index (κ1) is 19.6. The molecule has 138 valence electrons. The van der Waals surface area contributed by atoms with Gasteiger partial charge in [0.15, 0.2) is 5.82 Å². The molecule has 0 aliphatic heterocycles. The lowest BCUT2D eigenvalue weighted by atomic mass is 10.3. The molecule has 0 fully saturated rings. The van der Waals surface area contributed by atoms with Gasteiger partial charge in [0.2, 0.25) is 10.0 Å². The molecule has 0 amide bonds. The monoisotopic (exact) mass is 390 g/mol. The van der Waals surface area contributed by atoms with E-state index in [9.17, 15) is 12.8 Å². The minimum atomic E-state index is -3.91. The third kappa shape index (κ3) is 4.47. The zero-order valence-electron chi connectivity index (χ0n) is 14.3. The third-order valence-electron chi connectivity index (χ3n) is 3.32. The molecule has 0 bridgehead atoms. The van der Waals surface area contributed by atoms with Gasteiger partial charge in [-0.3, -0.25) is 4.57 Å². The molecule has 0 aliphatic rings. The average Bonchev–Trinajstić information content (AvgIpc) is 2.91. The molecule has 0 radical (unpaired) electrons. The van der Waals surface area contributed by atoms with Gasteiger partial charge in [-0.15, -0.1) is 5.10 Å². The predicted molar refractivity (Wildman–Crippen MR) is 91.6 cm³/mol. The Kier molecular flexibility index (Phi) is 6.02. The van der Waals surface area contributed by atoms with Crippen LogP contribution in [0.25, 0.3) is 0 Å². The lowest BCUT2D eigenvalue weighted by molar-refractivity contribution is 0.211. The summed E-state index contributed by atoms with van der Waals surface area (Å²) < 4.78 is 47.9. The van der Waals surface area contributed by atoms with Gasteiger partial charge < -0.3 is 4.74 Å². The first-order chi connectivity index (χ1) is 11.7. The van der Waals surface area contributed by atoms with E-state index >= 15 is 0 Å². The van der Waals surface area contributed by atoms with E-state index in [2.05, 4.69) is 14.9 Å². The summed E-state index contributed by atoms with van der Waals surface area (Å²) in [5.74, 6) is -0.273. The van der Waals surface area contributed by atoms with Crippen molar-refractivity contribution in [2.24, 2.45) is 0 Å². The molecule has 0 spiro atoms. The molecule has 1 heterocycles. The summed E-state index contributed by atoms with van der Waals surface area (Å²) in [7, 11) is -3.91. The van der Waals surface area contributed by atoms with E-state index in [4.69, 9.17) is 16.3 Å². The quantitative estimate of drug-likeness (QED) is 0.785. The molecule has 1 N–H and O–H groups in total. The lowest BCUT2D eigenvalue weighted by Crippen LogP contribution is -2.29. The van der Waals surface area contributed by atoms with Crippen LogP contribution in [0.15, 0.2) is 23.1 Å². The number of ether oxygens (including phenoxy) is 1. The Morgan fingerprint density at radius 3 is 2.56 bits per heavy atom. The lowest BCUT2D eigenvalue weighted by Gasteiger charge is -2.16. The van der Waals surface area contributed by atoms with Crippen LogP contribution in [0.2, 0.25) is 5.02 Å². The second-order valence-electron chi connectivity index (χ2n) is 5.67. The molecular weight excluding hydrogens is 371 g/mol. The van der Waals surface area contributed by atoms with Crippen molar-refractivity contribution in [3.63, 3.8) is 0 Å². The zero-order chi connectivity index (χ0) is 18.8. The summed E-state index contributed by atoms with van der Waals surface area (Å²) in [4.78, 5) is -0.132. The van der Waals surface area contributed by atoms with Crippen molar-refractivity contribution in [2.45, 2.75) is 51.3 Å². The molecule has 7 nitrogen and oxygen atoms in total. The molecule has 2 rings (SSSR count). The first-order valence-corrected chi connectivity index (χ1v) is 9.59. The van der Waals surface area contributed by atoms with Gasteiger partial charge >= 0.3 is 6.01 Å². The number of hydrogen-bond acceptors (Lipinski definition) is 5. The highest BCUT2D eigenvalue weighted by Gasteiger charge is 2.24. The van der Waals surface area contributed by atoms with E-state index in [1.807, 2.05) is 20.8 Å². The second kappa shape index (κ2) is 7.67. The van der Waals surface area contributed by atoms with Crippen LogP contribution >= 0.6 is 11.6 Å². The Morgan fingerprint density at radius 2 is 2.00 bits per heavy atom. The molecule has 0 saturated carbocycles. The summed E-state index contributed by atoms with van der Waals surface area (Å²) in [6, 6.07) is 2.86. The van der Waals surface area contributed by atoms with Crippen molar-refractivity contribution in [3.05, 3.63) is 34.9 Å². The maximum Gasteiger partial charge on any atom is 0.317 e. The Labute approximate surface area is 151 Å². The van der Waals surface area contributed by atoms with Gasteiger partial charge in [0.25, 0.3) is 0 Å². The third-order valence-corrected chi connectivity index (χ3v) is 5.15. The minimum Gasteiger partial charge on any atom is -0.461 e. The Bertz CT molecular complexity index is 854. The van der Waals surface area contributed by atoms with Crippen LogP contribution in [0.3, 0.4) is 0 Å². The molecule has 2 aromatic rings. The predicted octanol–water partition coefficient (Wildman–Crippen LogP) is 2.92. The van der Waals surface area contributed by atoms with Crippen LogP contribution in [0.5, 0.6) is 6.01 Å². The maximum atomic E-state index is 13.2. The van der Waals surface area contributed by atoms with E-state index in [0.29, 0.717) is 18.4 Å². The smallest absolute Gasteiger partial charge is 0.317 e. The fourth-order valence-corrected chi connectivity index (χ4v) is 3.69.